The molecule has 0 amide bonds. The largest absolute Gasteiger partial charge is 0.121 e. The van der Waals surface area contributed by atoms with Gasteiger partial charge in [0.2, 0.25) is 0 Å². The average molecular weight is 340 g/mol. The van der Waals surface area contributed by atoms with Gasteiger partial charge in [-0.2, -0.15) is 0 Å². The maximum absolute atomic E-state index is 6.18. The van der Waals surface area contributed by atoms with Crippen molar-refractivity contribution < 1.29 is 0 Å². The first-order valence-corrected chi connectivity index (χ1v) is 7.07. The maximum Gasteiger partial charge on any atom is 0.0671 e. The Kier molecular flexibility index (Phi) is 4.69. The smallest absolute Gasteiger partial charge is 0.0671 e. The molecule has 0 bridgehead atoms. The van der Waals surface area contributed by atoms with Crippen LogP contribution in [0, 0.1) is 0 Å². The third-order valence-electron chi connectivity index (χ3n) is 2.49. The van der Waals surface area contributed by atoms with E-state index in [4.69, 9.17) is 58.0 Å². The zero-order chi connectivity index (χ0) is 13.3. The van der Waals surface area contributed by atoms with Crippen molar-refractivity contribution in [2.24, 2.45) is 0 Å². The van der Waals surface area contributed by atoms with Gasteiger partial charge in [0.25, 0.3) is 0 Å². The molecule has 0 aliphatic rings. The Balaban J connectivity index is 2.62. The molecule has 0 aliphatic carbocycles. The first kappa shape index (κ1) is 14.3. The molecule has 5 heteroatoms. The molecule has 2 aromatic rings. The van der Waals surface area contributed by atoms with Crippen LogP contribution in [0.2, 0.25) is 20.1 Å². The van der Waals surface area contributed by atoms with Crippen LogP contribution in [0.15, 0.2) is 30.3 Å². The molecule has 0 aromatic heterocycles. The minimum Gasteiger partial charge on any atom is -0.121 e. The van der Waals surface area contributed by atoms with Crippen molar-refractivity contribution in [3.63, 3.8) is 0 Å². The Morgan fingerprint density at radius 1 is 0.833 bits per heavy atom. The minimum absolute atomic E-state index is 0.332. The lowest BCUT2D eigenvalue weighted by atomic mass is 10.0. The highest BCUT2D eigenvalue weighted by Gasteiger charge is 2.10. The predicted molar refractivity (Wildman–Crippen MR) is 81.5 cm³/mol. The number of hydrogen-bond acceptors (Lipinski definition) is 0. The maximum atomic E-state index is 6.18. The molecule has 0 saturated carbocycles. The van der Waals surface area contributed by atoms with Gasteiger partial charge in [0.05, 0.1) is 10.0 Å². The summed E-state index contributed by atoms with van der Waals surface area (Å²) in [5, 5.41) is 2.03. The summed E-state index contributed by atoms with van der Waals surface area (Å²) in [6.45, 7) is 0. The van der Waals surface area contributed by atoms with Crippen LogP contribution in [-0.4, -0.2) is 0 Å². The lowest BCUT2D eigenvalue weighted by Crippen LogP contribution is -1.86. The number of benzene rings is 2. The van der Waals surface area contributed by atoms with E-state index < -0.39 is 0 Å². The summed E-state index contributed by atoms with van der Waals surface area (Å²) in [6.07, 6.45) is 0. The van der Waals surface area contributed by atoms with Crippen molar-refractivity contribution in [3.8, 4) is 11.1 Å². The van der Waals surface area contributed by atoms with Crippen molar-refractivity contribution >= 4 is 58.0 Å². The molecule has 0 nitrogen and oxygen atoms in total. The van der Waals surface area contributed by atoms with Crippen LogP contribution >= 0.6 is 58.0 Å². The van der Waals surface area contributed by atoms with Gasteiger partial charge in [-0.15, -0.1) is 11.6 Å². The Bertz CT molecular complexity index is 592. The number of hydrogen-bond donors (Lipinski definition) is 0. The van der Waals surface area contributed by atoms with Gasteiger partial charge in [0.15, 0.2) is 0 Å². The van der Waals surface area contributed by atoms with Crippen LogP contribution in [0.3, 0.4) is 0 Å². The quantitative estimate of drug-likeness (QED) is 0.421. The Morgan fingerprint density at radius 2 is 1.56 bits per heavy atom. The highest BCUT2D eigenvalue weighted by atomic mass is 35.5. The first-order chi connectivity index (χ1) is 8.52. The van der Waals surface area contributed by atoms with Crippen LogP contribution in [0.5, 0.6) is 0 Å². The van der Waals surface area contributed by atoms with Crippen LogP contribution < -0.4 is 0 Å². The Labute approximate surface area is 130 Å². The number of halogens is 5. The minimum atomic E-state index is 0.332. The van der Waals surface area contributed by atoms with Crippen molar-refractivity contribution in [2.45, 2.75) is 5.88 Å². The SMILES string of the molecule is ClCc1cc(-c2cc(Cl)cc(Cl)c2Cl)ccc1Cl. The summed E-state index contributed by atoms with van der Waals surface area (Å²) in [6, 6.07) is 8.87. The van der Waals surface area contributed by atoms with Crippen LogP contribution in [0.25, 0.3) is 11.1 Å². The topological polar surface area (TPSA) is 0 Å². The monoisotopic (exact) mass is 338 g/mol. The lowest BCUT2D eigenvalue weighted by molar-refractivity contribution is 1.40. The summed E-state index contributed by atoms with van der Waals surface area (Å²) in [5.74, 6) is 0.332. The third-order valence-corrected chi connectivity index (χ3v) is 4.17. The number of alkyl halides is 1. The van der Waals surface area contributed by atoms with Gasteiger partial charge < -0.3 is 0 Å². The van der Waals surface area contributed by atoms with E-state index in [1.807, 2.05) is 12.1 Å². The van der Waals surface area contributed by atoms with Gasteiger partial charge in [-0.05, 0) is 35.4 Å². The second kappa shape index (κ2) is 5.90. The predicted octanol–water partition coefficient (Wildman–Crippen LogP) is 6.71. The summed E-state index contributed by atoms with van der Waals surface area (Å²) in [5.41, 5.74) is 2.48. The molecule has 0 unspecified atom stereocenters. The second-order valence-corrected chi connectivity index (χ2v) is 5.59. The summed E-state index contributed by atoms with van der Waals surface area (Å²) in [7, 11) is 0. The van der Waals surface area contributed by atoms with Crippen molar-refractivity contribution in [1.29, 1.82) is 0 Å². The summed E-state index contributed by atoms with van der Waals surface area (Å²) in [4.78, 5) is 0. The van der Waals surface area contributed by atoms with Crippen molar-refractivity contribution in [3.05, 3.63) is 56.0 Å². The first-order valence-electron chi connectivity index (χ1n) is 5.02. The van der Waals surface area contributed by atoms with Gasteiger partial charge in [-0.25, -0.2) is 0 Å². The second-order valence-electron chi connectivity index (χ2n) is 3.69. The van der Waals surface area contributed by atoms with E-state index in [1.165, 1.54) is 0 Å². The van der Waals surface area contributed by atoms with E-state index in [9.17, 15) is 0 Å². The normalized spacial score (nSPS) is 10.7. The zero-order valence-corrected chi connectivity index (χ0v) is 12.8. The molecule has 0 spiro atoms. The Hall–Kier alpha value is -0.110. The van der Waals surface area contributed by atoms with Gasteiger partial charge in [0.1, 0.15) is 0 Å². The highest BCUT2D eigenvalue weighted by Crippen LogP contribution is 2.37. The van der Waals surface area contributed by atoms with Crippen LogP contribution in [-0.2, 0) is 5.88 Å². The van der Waals surface area contributed by atoms with Gasteiger partial charge in [-0.1, -0.05) is 52.5 Å². The molecular formula is C13H7Cl5. The highest BCUT2D eigenvalue weighted by molar-refractivity contribution is 6.45. The molecule has 0 saturated heterocycles. The van der Waals surface area contributed by atoms with Crippen molar-refractivity contribution in [2.75, 3.05) is 0 Å². The van der Waals surface area contributed by atoms with E-state index in [1.54, 1.807) is 18.2 Å². The summed E-state index contributed by atoms with van der Waals surface area (Å²) < 4.78 is 0. The fraction of sp³-hybridized carbons (Fsp3) is 0.0769. The molecule has 0 radical (unpaired) electrons. The van der Waals surface area contributed by atoms with Crippen LogP contribution in [0.4, 0.5) is 0 Å². The Morgan fingerprint density at radius 3 is 2.22 bits per heavy atom. The van der Waals surface area contributed by atoms with Gasteiger partial charge in [0, 0.05) is 21.5 Å². The average Bonchev–Trinajstić information content (AvgIpc) is 2.34. The van der Waals surface area contributed by atoms with Gasteiger partial charge in [-0.3, -0.25) is 0 Å². The lowest BCUT2D eigenvalue weighted by Gasteiger charge is -2.09. The van der Waals surface area contributed by atoms with Crippen LogP contribution in [0.1, 0.15) is 5.56 Å². The van der Waals surface area contributed by atoms with E-state index in [0.717, 1.165) is 16.7 Å². The number of rotatable bonds is 2. The molecule has 0 aliphatic heterocycles. The third kappa shape index (κ3) is 2.89. The fourth-order valence-electron chi connectivity index (χ4n) is 1.61. The molecule has 2 rings (SSSR count). The molecule has 18 heavy (non-hydrogen) atoms. The molecule has 94 valence electrons. The van der Waals surface area contributed by atoms with E-state index >= 15 is 0 Å². The molecule has 0 atom stereocenters. The van der Waals surface area contributed by atoms with Gasteiger partial charge >= 0.3 is 0 Å². The molecule has 0 heterocycles. The fourth-order valence-corrected chi connectivity index (χ4v) is 2.80. The molecule has 2 aromatic carbocycles. The standard InChI is InChI=1S/C13H7Cl5/c14-6-8-3-7(1-2-11(8)16)10-4-9(15)5-12(17)13(10)18/h1-5H,6H2. The van der Waals surface area contributed by atoms with E-state index in [0.29, 0.717) is 26.0 Å². The molecule has 0 N–H and O–H groups in total. The molecule has 0 fully saturated rings. The van der Waals surface area contributed by atoms with E-state index in [2.05, 4.69) is 0 Å². The van der Waals surface area contributed by atoms with Crippen molar-refractivity contribution in [1.82, 2.24) is 0 Å². The zero-order valence-electron chi connectivity index (χ0n) is 8.98. The van der Waals surface area contributed by atoms with E-state index in [-0.39, 0.29) is 0 Å². The molecular weight excluding hydrogens is 333 g/mol. The summed E-state index contributed by atoms with van der Waals surface area (Å²) >= 11 is 30.0.